The van der Waals surface area contributed by atoms with Gasteiger partial charge in [-0.2, -0.15) is 0 Å². The predicted molar refractivity (Wildman–Crippen MR) is 124 cm³/mol. The van der Waals surface area contributed by atoms with Crippen LogP contribution in [0.4, 0.5) is 8.78 Å². The van der Waals surface area contributed by atoms with Gasteiger partial charge in [0.2, 0.25) is 11.8 Å². The molecule has 8 heteroatoms. The van der Waals surface area contributed by atoms with E-state index in [2.05, 4.69) is 0 Å². The number of carbonyl (C=O) groups is 2. The Labute approximate surface area is 196 Å². The first-order valence-electron chi connectivity index (χ1n) is 10.5. The van der Waals surface area contributed by atoms with E-state index in [0.717, 1.165) is 10.4 Å². The van der Waals surface area contributed by atoms with Crippen LogP contribution in [0.1, 0.15) is 16.0 Å². The molecule has 2 amide bonds. The van der Waals surface area contributed by atoms with Crippen LogP contribution in [0.2, 0.25) is 0 Å². The van der Waals surface area contributed by atoms with E-state index in [-0.39, 0.29) is 49.6 Å². The number of amides is 2. The SMILES string of the molecule is COCCN(CC(=O)N(Cc1ccc(F)cc1)Cc1cccs1)C(=O)Cc1ccc(F)cc1. The van der Waals surface area contributed by atoms with Gasteiger partial charge in [-0.3, -0.25) is 9.59 Å². The molecular weight excluding hydrogens is 446 g/mol. The van der Waals surface area contributed by atoms with Crippen molar-refractivity contribution in [3.8, 4) is 0 Å². The maximum Gasteiger partial charge on any atom is 0.242 e. The van der Waals surface area contributed by atoms with E-state index in [1.165, 1.54) is 47.6 Å². The highest BCUT2D eigenvalue weighted by molar-refractivity contribution is 7.09. The first-order valence-corrected chi connectivity index (χ1v) is 11.4. The molecule has 0 aliphatic heterocycles. The number of thiophene rings is 1. The van der Waals surface area contributed by atoms with Crippen molar-refractivity contribution < 1.29 is 23.1 Å². The van der Waals surface area contributed by atoms with Gasteiger partial charge >= 0.3 is 0 Å². The summed E-state index contributed by atoms with van der Waals surface area (Å²) >= 11 is 1.54. The third-order valence-corrected chi connectivity index (χ3v) is 5.94. The Kier molecular flexibility index (Phi) is 9.09. The molecule has 0 saturated carbocycles. The Morgan fingerprint density at radius 2 is 1.48 bits per heavy atom. The van der Waals surface area contributed by atoms with Crippen LogP contribution in [0.15, 0.2) is 66.0 Å². The van der Waals surface area contributed by atoms with Crippen LogP contribution in [0.5, 0.6) is 0 Å². The van der Waals surface area contributed by atoms with Gasteiger partial charge in [0.15, 0.2) is 0 Å². The molecule has 33 heavy (non-hydrogen) atoms. The van der Waals surface area contributed by atoms with Gasteiger partial charge in [-0.15, -0.1) is 11.3 Å². The lowest BCUT2D eigenvalue weighted by atomic mass is 10.1. The van der Waals surface area contributed by atoms with Crippen molar-refractivity contribution >= 4 is 23.2 Å². The fraction of sp³-hybridized carbons (Fsp3) is 0.280. The summed E-state index contributed by atoms with van der Waals surface area (Å²) in [6.07, 6.45) is 0.0557. The van der Waals surface area contributed by atoms with Crippen molar-refractivity contribution in [2.45, 2.75) is 19.5 Å². The average Bonchev–Trinajstić information content (AvgIpc) is 3.32. The van der Waals surface area contributed by atoms with Crippen LogP contribution in [0.3, 0.4) is 0 Å². The number of methoxy groups -OCH3 is 1. The van der Waals surface area contributed by atoms with Crippen molar-refractivity contribution in [2.75, 3.05) is 26.8 Å². The van der Waals surface area contributed by atoms with Crippen molar-refractivity contribution in [1.82, 2.24) is 9.80 Å². The lowest BCUT2D eigenvalue weighted by Crippen LogP contribution is -2.44. The molecule has 0 bridgehead atoms. The molecule has 174 valence electrons. The molecule has 0 spiro atoms. The number of rotatable bonds is 11. The van der Waals surface area contributed by atoms with Crippen molar-refractivity contribution in [3.63, 3.8) is 0 Å². The molecular formula is C25H26F2N2O3S. The van der Waals surface area contributed by atoms with Crippen molar-refractivity contribution in [3.05, 3.63) is 93.7 Å². The summed E-state index contributed by atoms with van der Waals surface area (Å²) < 4.78 is 31.6. The Morgan fingerprint density at radius 3 is 2.06 bits per heavy atom. The number of hydrogen-bond donors (Lipinski definition) is 0. The number of carbonyl (C=O) groups excluding carboxylic acids is 2. The highest BCUT2D eigenvalue weighted by atomic mass is 32.1. The van der Waals surface area contributed by atoms with Crippen LogP contribution in [0.25, 0.3) is 0 Å². The number of halogens is 2. The standard InChI is InChI=1S/C25H26F2N2O3S/c1-32-13-12-28(24(30)15-19-4-8-21(26)9-5-19)18-25(31)29(17-23-3-2-14-33-23)16-20-6-10-22(27)11-7-20/h2-11,14H,12-13,15-18H2,1H3. The molecule has 0 unspecified atom stereocenters. The van der Waals surface area contributed by atoms with Crippen LogP contribution < -0.4 is 0 Å². The minimum absolute atomic E-state index is 0.0557. The number of benzene rings is 2. The van der Waals surface area contributed by atoms with Gasteiger partial charge in [0, 0.05) is 25.1 Å². The van der Waals surface area contributed by atoms with E-state index < -0.39 is 0 Å². The lowest BCUT2D eigenvalue weighted by Gasteiger charge is -2.27. The van der Waals surface area contributed by atoms with Gasteiger partial charge < -0.3 is 14.5 Å². The largest absolute Gasteiger partial charge is 0.383 e. The molecule has 0 fully saturated rings. The van der Waals surface area contributed by atoms with Crippen molar-refractivity contribution in [2.24, 2.45) is 0 Å². The second-order valence-corrected chi connectivity index (χ2v) is 8.60. The van der Waals surface area contributed by atoms with Gasteiger partial charge in [0.25, 0.3) is 0 Å². The highest BCUT2D eigenvalue weighted by Crippen LogP contribution is 2.16. The Balaban J connectivity index is 1.73. The van der Waals surface area contributed by atoms with E-state index in [9.17, 15) is 18.4 Å². The average molecular weight is 473 g/mol. The zero-order valence-corrected chi connectivity index (χ0v) is 19.2. The topological polar surface area (TPSA) is 49.9 Å². The van der Waals surface area contributed by atoms with Gasteiger partial charge in [-0.05, 0) is 46.8 Å². The molecule has 5 nitrogen and oxygen atoms in total. The van der Waals surface area contributed by atoms with Crippen LogP contribution in [0, 0.1) is 11.6 Å². The number of ether oxygens (including phenoxy) is 1. The maximum absolute atomic E-state index is 13.3. The number of hydrogen-bond acceptors (Lipinski definition) is 4. The van der Waals surface area contributed by atoms with Gasteiger partial charge in [0.05, 0.1) is 26.1 Å². The first kappa shape index (κ1) is 24.5. The summed E-state index contributed by atoms with van der Waals surface area (Å²) in [6.45, 7) is 1.10. The van der Waals surface area contributed by atoms with Gasteiger partial charge in [-0.25, -0.2) is 8.78 Å². The summed E-state index contributed by atoms with van der Waals surface area (Å²) in [5.41, 5.74) is 1.46. The molecule has 3 aromatic rings. The molecule has 0 saturated heterocycles. The fourth-order valence-corrected chi connectivity index (χ4v) is 4.00. The van der Waals surface area contributed by atoms with E-state index in [1.54, 1.807) is 29.2 Å². The Hall–Kier alpha value is -3.10. The van der Waals surface area contributed by atoms with Gasteiger partial charge in [-0.1, -0.05) is 30.3 Å². The fourth-order valence-electron chi connectivity index (χ4n) is 3.28. The molecule has 1 heterocycles. The zero-order chi connectivity index (χ0) is 23.6. The molecule has 2 aromatic carbocycles. The van der Waals surface area contributed by atoms with Crippen LogP contribution >= 0.6 is 11.3 Å². The van der Waals surface area contributed by atoms with E-state index in [4.69, 9.17) is 4.74 Å². The smallest absolute Gasteiger partial charge is 0.242 e. The first-order chi connectivity index (χ1) is 15.9. The predicted octanol–water partition coefficient (Wildman–Crippen LogP) is 4.27. The molecule has 3 rings (SSSR count). The summed E-state index contributed by atoms with van der Waals surface area (Å²) in [5, 5.41) is 1.94. The van der Waals surface area contributed by atoms with Crippen LogP contribution in [-0.4, -0.2) is 48.4 Å². The summed E-state index contributed by atoms with van der Waals surface area (Å²) in [7, 11) is 1.53. The second-order valence-electron chi connectivity index (χ2n) is 7.57. The van der Waals surface area contributed by atoms with Crippen molar-refractivity contribution in [1.29, 1.82) is 0 Å². The third kappa shape index (κ3) is 7.76. The molecule has 1 aromatic heterocycles. The monoisotopic (exact) mass is 472 g/mol. The zero-order valence-electron chi connectivity index (χ0n) is 18.4. The third-order valence-electron chi connectivity index (χ3n) is 5.08. The summed E-state index contributed by atoms with van der Waals surface area (Å²) in [5.74, 6) is -1.18. The number of nitrogens with zero attached hydrogens (tertiary/aromatic N) is 2. The Morgan fingerprint density at radius 1 is 0.848 bits per heavy atom. The van der Waals surface area contributed by atoms with E-state index in [1.807, 2.05) is 17.5 Å². The molecule has 0 N–H and O–H groups in total. The molecule has 0 aliphatic rings. The van der Waals surface area contributed by atoms with Gasteiger partial charge in [0.1, 0.15) is 11.6 Å². The second kappa shape index (κ2) is 12.2. The quantitative estimate of drug-likeness (QED) is 0.419. The summed E-state index contributed by atoms with van der Waals surface area (Å²) in [6, 6.07) is 15.6. The minimum atomic E-state index is -0.373. The summed E-state index contributed by atoms with van der Waals surface area (Å²) in [4.78, 5) is 30.4. The Bertz CT molecular complexity index is 1020. The molecule has 0 atom stereocenters. The maximum atomic E-state index is 13.3. The molecule has 0 radical (unpaired) electrons. The van der Waals surface area contributed by atoms with E-state index >= 15 is 0 Å². The normalized spacial score (nSPS) is 10.8. The molecule has 0 aliphatic carbocycles. The highest BCUT2D eigenvalue weighted by Gasteiger charge is 2.22. The van der Waals surface area contributed by atoms with Crippen LogP contribution in [-0.2, 0) is 33.8 Å². The van der Waals surface area contributed by atoms with E-state index in [0.29, 0.717) is 18.7 Å². The lowest BCUT2D eigenvalue weighted by molar-refractivity contribution is -0.141. The minimum Gasteiger partial charge on any atom is -0.383 e.